The third-order valence-electron chi connectivity index (χ3n) is 1.75. The number of amides is 1. The predicted octanol–water partition coefficient (Wildman–Crippen LogP) is 1.44. The van der Waals surface area contributed by atoms with Crippen LogP contribution < -0.4 is 5.32 Å². The van der Waals surface area contributed by atoms with Crippen LogP contribution in [0, 0.1) is 5.92 Å². The number of hydrogen-bond acceptors (Lipinski definition) is 1. The first-order chi connectivity index (χ1) is 4.68. The second-order valence-electron chi connectivity index (χ2n) is 3.03. The van der Waals surface area contributed by atoms with Crippen molar-refractivity contribution < 1.29 is 9.90 Å². The first-order valence-electron chi connectivity index (χ1n) is 3.68. The average Bonchev–Trinajstić information content (AvgIpc) is 2.46. The molecule has 0 bridgehead atoms. The summed E-state index contributed by atoms with van der Waals surface area (Å²) in [6.45, 7) is 1.91. The lowest BCUT2D eigenvalue weighted by Gasteiger charge is -2.08. The van der Waals surface area contributed by atoms with E-state index in [-0.39, 0.29) is 6.04 Å². The van der Waals surface area contributed by atoms with E-state index in [9.17, 15) is 4.79 Å². The number of carboxylic acid groups (broad SMARTS) is 1. The SMILES string of the molecule is C[C@H](CC1CC1)NC(=O)O. The van der Waals surface area contributed by atoms with Gasteiger partial charge in [-0.25, -0.2) is 4.79 Å². The summed E-state index contributed by atoms with van der Waals surface area (Å²) in [4.78, 5) is 10.1. The summed E-state index contributed by atoms with van der Waals surface area (Å²) in [7, 11) is 0. The predicted molar refractivity (Wildman–Crippen MR) is 38.0 cm³/mol. The lowest BCUT2D eigenvalue weighted by atomic mass is 10.2. The number of nitrogens with one attached hydrogen (secondary N) is 1. The van der Waals surface area contributed by atoms with E-state index < -0.39 is 6.09 Å². The summed E-state index contributed by atoms with van der Waals surface area (Å²) in [6.07, 6.45) is 2.66. The molecule has 0 aromatic rings. The van der Waals surface area contributed by atoms with Gasteiger partial charge in [0.15, 0.2) is 0 Å². The molecule has 58 valence electrons. The van der Waals surface area contributed by atoms with Crippen molar-refractivity contribution >= 4 is 6.09 Å². The molecule has 1 fully saturated rings. The molecule has 1 aliphatic carbocycles. The average molecular weight is 143 g/mol. The van der Waals surface area contributed by atoms with Crippen LogP contribution in [0.2, 0.25) is 0 Å². The molecule has 1 amide bonds. The number of hydrogen-bond donors (Lipinski definition) is 2. The highest BCUT2D eigenvalue weighted by molar-refractivity contribution is 5.64. The standard InChI is InChI=1S/C7H13NO2/c1-5(8-7(9)10)4-6-2-3-6/h5-6,8H,2-4H2,1H3,(H,9,10)/t5-/m1/s1. The van der Waals surface area contributed by atoms with Crippen LogP contribution in [-0.2, 0) is 0 Å². The molecule has 0 unspecified atom stereocenters. The van der Waals surface area contributed by atoms with Crippen LogP contribution in [0.1, 0.15) is 26.2 Å². The molecule has 0 aromatic carbocycles. The topological polar surface area (TPSA) is 49.3 Å². The maximum Gasteiger partial charge on any atom is 0.404 e. The summed E-state index contributed by atoms with van der Waals surface area (Å²) in [5.41, 5.74) is 0. The third-order valence-corrected chi connectivity index (χ3v) is 1.75. The van der Waals surface area contributed by atoms with Gasteiger partial charge in [0.25, 0.3) is 0 Å². The van der Waals surface area contributed by atoms with Crippen LogP contribution in [0.4, 0.5) is 4.79 Å². The summed E-state index contributed by atoms with van der Waals surface area (Å²) in [5.74, 6) is 0.793. The molecule has 1 rings (SSSR count). The molecule has 0 spiro atoms. The molecular weight excluding hydrogens is 130 g/mol. The van der Waals surface area contributed by atoms with Crippen LogP contribution >= 0.6 is 0 Å². The minimum Gasteiger partial charge on any atom is -0.465 e. The fraction of sp³-hybridized carbons (Fsp3) is 0.857. The molecule has 3 heteroatoms. The molecule has 1 aliphatic rings. The van der Waals surface area contributed by atoms with Gasteiger partial charge in [0.2, 0.25) is 0 Å². The fourth-order valence-electron chi connectivity index (χ4n) is 1.12. The minimum absolute atomic E-state index is 0.130. The summed E-state index contributed by atoms with van der Waals surface area (Å²) in [6, 6.07) is 0.130. The number of rotatable bonds is 3. The Hall–Kier alpha value is -0.730. The highest BCUT2D eigenvalue weighted by atomic mass is 16.4. The van der Waals surface area contributed by atoms with Crippen molar-refractivity contribution in [2.24, 2.45) is 5.92 Å². The van der Waals surface area contributed by atoms with Gasteiger partial charge in [-0.15, -0.1) is 0 Å². The Morgan fingerprint density at radius 3 is 2.80 bits per heavy atom. The van der Waals surface area contributed by atoms with Crippen LogP contribution in [0.15, 0.2) is 0 Å². The molecule has 0 aromatic heterocycles. The van der Waals surface area contributed by atoms with E-state index in [2.05, 4.69) is 5.32 Å². The van der Waals surface area contributed by atoms with Crippen molar-refractivity contribution in [1.29, 1.82) is 0 Å². The van der Waals surface area contributed by atoms with Gasteiger partial charge < -0.3 is 10.4 Å². The smallest absolute Gasteiger partial charge is 0.404 e. The van der Waals surface area contributed by atoms with Gasteiger partial charge in [-0.1, -0.05) is 12.8 Å². The van der Waals surface area contributed by atoms with E-state index in [0.29, 0.717) is 0 Å². The first-order valence-corrected chi connectivity index (χ1v) is 3.68. The zero-order valence-electron chi connectivity index (χ0n) is 6.13. The Labute approximate surface area is 60.4 Å². The second kappa shape index (κ2) is 2.90. The maximum absolute atomic E-state index is 10.1. The third kappa shape index (κ3) is 2.71. The lowest BCUT2D eigenvalue weighted by molar-refractivity contribution is 0.190. The van der Waals surface area contributed by atoms with Gasteiger partial charge in [0, 0.05) is 6.04 Å². The first kappa shape index (κ1) is 7.38. The van der Waals surface area contributed by atoms with Crippen molar-refractivity contribution in [2.45, 2.75) is 32.2 Å². The van der Waals surface area contributed by atoms with Crippen molar-refractivity contribution in [3.05, 3.63) is 0 Å². The Morgan fingerprint density at radius 2 is 2.40 bits per heavy atom. The number of carbonyl (C=O) groups is 1. The maximum atomic E-state index is 10.1. The summed E-state index contributed by atoms with van der Waals surface area (Å²) in [5, 5.41) is 10.7. The van der Waals surface area contributed by atoms with Gasteiger partial charge in [-0.2, -0.15) is 0 Å². The molecule has 1 atom stereocenters. The largest absolute Gasteiger partial charge is 0.465 e. The second-order valence-corrected chi connectivity index (χ2v) is 3.03. The Kier molecular flexibility index (Phi) is 2.14. The van der Waals surface area contributed by atoms with Crippen LogP contribution in [-0.4, -0.2) is 17.2 Å². The van der Waals surface area contributed by atoms with Gasteiger partial charge in [-0.3, -0.25) is 0 Å². The molecule has 0 radical (unpaired) electrons. The van der Waals surface area contributed by atoms with Gasteiger partial charge >= 0.3 is 6.09 Å². The van der Waals surface area contributed by atoms with E-state index in [4.69, 9.17) is 5.11 Å². The lowest BCUT2D eigenvalue weighted by Crippen LogP contribution is -2.31. The van der Waals surface area contributed by atoms with Crippen LogP contribution in [0.25, 0.3) is 0 Å². The van der Waals surface area contributed by atoms with Gasteiger partial charge in [-0.05, 0) is 19.3 Å². The van der Waals surface area contributed by atoms with E-state index in [0.717, 1.165) is 12.3 Å². The monoisotopic (exact) mass is 143 g/mol. The molecule has 1 saturated carbocycles. The summed E-state index contributed by atoms with van der Waals surface area (Å²) >= 11 is 0. The van der Waals surface area contributed by atoms with E-state index >= 15 is 0 Å². The van der Waals surface area contributed by atoms with Crippen LogP contribution in [0.3, 0.4) is 0 Å². The highest BCUT2D eigenvalue weighted by Crippen LogP contribution is 2.33. The van der Waals surface area contributed by atoms with Crippen molar-refractivity contribution in [2.75, 3.05) is 0 Å². The molecule has 0 heterocycles. The molecule has 2 N–H and O–H groups in total. The Balaban J connectivity index is 2.07. The molecule has 0 aliphatic heterocycles. The van der Waals surface area contributed by atoms with E-state index in [1.165, 1.54) is 12.8 Å². The van der Waals surface area contributed by atoms with Gasteiger partial charge in [0.05, 0.1) is 0 Å². The zero-order valence-corrected chi connectivity index (χ0v) is 6.13. The van der Waals surface area contributed by atoms with Crippen LogP contribution in [0.5, 0.6) is 0 Å². The van der Waals surface area contributed by atoms with Crippen molar-refractivity contribution in [3.8, 4) is 0 Å². The zero-order chi connectivity index (χ0) is 7.56. The molecule has 10 heavy (non-hydrogen) atoms. The molecule has 3 nitrogen and oxygen atoms in total. The van der Waals surface area contributed by atoms with E-state index in [1.807, 2.05) is 6.92 Å². The van der Waals surface area contributed by atoms with Crippen molar-refractivity contribution in [1.82, 2.24) is 5.32 Å². The highest BCUT2D eigenvalue weighted by Gasteiger charge is 2.23. The fourth-order valence-corrected chi connectivity index (χ4v) is 1.12. The van der Waals surface area contributed by atoms with Gasteiger partial charge in [0.1, 0.15) is 0 Å². The molecule has 0 saturated heterocycles. The Bertz CT molecular complexity index is 132. The molecular formula is C7H13NO2. The summed E-state index contributed by atoms with van der Waals surface area (Å²) < 4.78 is 0. The Morgan fingerprint density at radius 1 is 1.80 bits per heavy atom. The quantitative estimate of drug-likeness (QED) is 0.628. The van der Waals surface area contributed by atoms with E-state index in [1.54, 1.807) is 0 Å². The van der Waals surface area contributed by atoms with Crippen molar-refractivity contribution in [3.63, 3.8) is 0 Å². The normalized spacial score (nSPS) is 20.1. The minimum atomic E-state index is -0.909.